The molecule has 0 aromatic heterocycles. The smallest absolute Gasteiger partial charge is 0.242 e. The van der Waals surface area contributed by atoms with Crippen molar-refractivity contribution in [1.29, 1.82) is 0 Å². The Balaban J connectivity index is 1.93. The summed E-state index contributed by atoms with van der Waals surface area (Å²) in [5, 5.41) is 2.70. The predicted octanol–water partition coefficient (Wildman–Crippen LogP) is 4.52. The average molecular weight is 483 g/mol. The fourth-order valence-electron chi connectivity index (χ4n) is 3.43. The number of nitrogens with one attached hydrogen (secondary N) is 1. The van der Waals surface area contributed by atoms with Gasteiger partial charge < -0.3 is 10.2 Å². The van der Waals surface area contributed by atoms with Crippen LogP contribution in [0.2, 0.25) is 0 Å². The van der Waals surface area contributed by atoms with Crippen molar-refractivity contribution in [3.8, 4) is 0 Å². The van der Waals surface area contributed by atoms with E-state index in [1.807, 2.05) is 54.6 Å². The number of hydrogen-bond acceptors (Lipinski definition) is 2. The summed E-state index contributed by atoms with van der Waals surface area (Å²) in [6, 6.07) is 22.5. The van der Waals surface area contributed by atoms with E-state index in [4.69, 9.17) is 0 Å². The first-order chi connectivity index (χ1) is 15.0. The Hall–Kier alpha value is -2.99. The van der Waals surface area contributed by atoms with Crippen LogP contribution in [0.15, 0.2) is 83.3 Å². The molecule has 0 aliphatic carbocycles. The van der Waals surface area contributed by atoms with Gasteiger partial charge in [-0.1, -0.05) is 70.5 Å². The molecule has 0 aliphatic rings. The summed E-state index contributed by atoms with van der Waals surface area (Å²) in [4.78, 5) is 27.8. The normalized spacial score (nSPS) is 11.6. The van der Waals surface area contributed by atoms with Crippen molar-refractivity contribution in [3.05, 3.63) is 106 Å². The lowest BCUT2D eigenvalue weighted by Crippen LogP contribution is -2.50. The van der Waals surface area contributed by atoms with Crippen LogP contribution in [0.4, 0.5) is 4.39 Å². The second-order valence-corrected chi connectivity index (χ2v) is 8.19. The van der Waals surface area contributed by atoms with Crippen LogP contribution >= 0.6 is 15.9 Å². The lowest BCUT2D eigenvalue weighted by Gasteiger charge is -2.31. The Morgan fingerprint density at radius 3 is 2.26 bits per heavy atom. The van der Waals surface area contributed by atoms with E-state index >= 15 is 0 Å². The molecule has 2 amide bonds. The van der Waals surface area contributed by atoms with Gasteiger partial charge in [0.25, 0.3) is 0 Å². The Kier molecular flexibility index (Phi) is 7.95. The van der Waals surface area contributed by atoms with Crippen molar-refractivity contribution >= 4 is 27.7 Å². The standard InChI is InChI=1S/C25H24BrFN2O2/c1-28-25(31)23(15-18-6-3-2-4-7-18)29(17-20-8-5-9-21(26)14-20)24(30)16-19-10-12-22(27)13-11-19/h2-14,23H,15-17H2,1H3,(H,28,31). The average Bonchev–Trinajstić information content (AvgIpc) is 2.78. The molecule has 0 saturated heterocycles. The Labute approximate surface area is 190 Å². The van der Waals surface area contributed by atoms with E-state index in [9.17, 15) is 14.0 Å². The summed E-state index contributed by atoms with van der Waals surface area (Å²) in [7, 11) is 1.57. The van der Waals surface area contributed by atoms with Gasteiger partial charge in [-0.2, -0.15) is 0 Å². The molecule has 1 atom stereocenters. The Morgan fingerprint density at radius 1 is 0.935 bits per heavy atom. The van der Waals surface area contributed by atoms with Gasteiger partial charge in [-0.15, -0.1) is 0 Å². The molecule has 3 rings (SSSR count). The van der Waals surface area contributed by atoms with Crippen LogP contribution in [0, 0.1) is 5.82 Å². The van der Waals surface area contributed by atoms with Crippen LogP contribution in [-0.4, -0.2) is 29.8 Å². The van der Waals surface area contributed by atoms with E-state index in [2.05, 4.69) is 21.2 Å². The fourth-order valence-corrected chi connectivity index (χ4v) is 3.88. The molecule has 0 aliphatic heterocycles. The SMILES string of the molecule is CNC(=O)C(Cc1ccccc1)N(Cc1cccc(Br)c1)C(=O)Cc1ccc(F)cc1. The van der Waals surface area contributed by atoms with Crippen molar-refractivity contribution in [2.75, 3.05) is 7.05 Å². The minimum absolute atomic E-state index is 0.0799. The number of carbonyl (C=O) groups is 2. The highest BCUT2D eigenvalue weighted by molar-refractivity contribution is 9.10. The number of likely N-dealkylation sites (N-methyl/N-ethyl adjacent to an activating group) is 1. The number of nitrogens with zero attached hydrogens (tertiary/aromatic N) is 1. The van der Waals surface area contributed by atoms with E-state index in [0.717, 1.165) is 15.6 Å². The maximum atomic E-state index is 13.4. The maximum Gasteiger partial charge on any atom is 0.242 e. The zero-order valence-corrected chi connectivity index (χ0v) is 18.8. The van der Waals surface area contributed by atoms with Crippen molar-refractivity contribution in [2.45, 2.75) is 25.4 Å². The number of amides is 2. The van der Waals surface area contributed by atoms with Gasteiger partial charge in [-0.25, -0.2) is 4.39 Å². The van der Waals surface area contributed by atoms with Crippen molar-refractivity contribution in [3.63, 3.8) is 0 Å². The van der Waals surface area contributed by atoms with Gasteiger partial charge in [0.05, 0.1) is 6.42 Å². The highest BCUT2D eigenvalue weighted by Gasteiger charge is 2.29. The van der Waals surface area contributed by atoms with Crippen LogP contribution in [0.25, 0.3) is 0 Å². The minimum atomic E-state index is -0.681. The first-order valence-electron chi connectivity index (χ1n) is 10.00. The molecule has 1 N–H and O–H groups in total. The second kappa shape index (κ2) is 10.9. The molecule has 160 valence electrons. The van der Waals surface area contributed by atoms with Gasteiger partial charge in [0.2, 0.25) is 11.8 Å². The molecule has 0 fully saturated rings. The summed E-state index contributed by atoms with van der Waals surface area (Å²) in [6.07, 6.45) is 0.472. The van der Waals surface area contributed by atoms with E-state index in [-0.39, 0.29) is 30.6 Å². The molecule has 4 nitrogen and oxygen atoms in total. The minimum Gasteiger partial charge on any atom is -0.357 e. The van der Waals surface area contributed by atoms with Crippen molar-refractivity contribution < 1.29 is 14.0 Å². The summed E-state index contributed by atoms with van der Waals surface area (Å²) in [5.74, 6) is -0.781. The number of rotatable bonds is 8. The number of halogens is 2. The number of carbonyl (C=O) groups excluding carboxylic acids is 2. The fraction of sp³-hybridized carbons (Fsp3) is 0.200. The first kappa shape index (κ1) is 22.7. The molecule has 6 heteroatoms. The van der Waals surface area contributed by atoms with Crippen LogP contribution in [0.5, 0.6) is 0 Å². The number of benzene rings is 3. The van der Waals surface area contributed by atoms with Gasteiger partial charge in [0.15, 0.2) is 0 Å². The zero-order valence-electron chi connectivity index (χ0n) is 17.2. The largest absolute Gasteiger partial charge is 0.357 e. The van der Waals surface area contributed by atoms with Crippen LogP contribution < -0.4 is 5.32 Å². The molecule has 0 bridgehead atoms. The van der Waals surface area contributed by atoms with Crippen LogP contribution in [0.3, 0.4) is 0 Å². The quantitative estimate of drug-likeness (QED) is 0.513. The van der Waals surface area contributed by atoms with E-state index < -0.39 is 6.04 Å². The summed E-state index contributed by atoms with van der Waals surface area (Å²) in [6.45, 7) is 0.282. The molecule has 1 unspecified atom stereocenters. The van der Waals surface area contributed by atoms with Gasteiger partial charge in [0, 0.05) is 24.5 Å². The zero-order chi connectivity index (χ0) is 22.2. The van der Waals surface area contributed by atoms with Gasteiger partial charge in [-0.05, 0) is 41.0 Å². The third-order valence-corrected chi connectivity index (χ3v) is 5.52. The third kappa shape index (κ3) is 6.49. The van der Waals surface area contributed by atoms with E-state index in [0.29, 0.717) is 12.0 Å². The summed E-state index contributed by atoms with van der Waals surface area (Å²) < 4.78 is 14.2. The monoisotopic (exact) mass is 482 g/mol. The second-order valence-electron chi connectivity index (χ2n) is 7.27. The molecule has 3 aromatic carbocycles. The molecule has 0 heterocycles. The van der Waals surface area contributed by atoms with Crippen molar-refractivity contribution in [2.24, 2.45) is 0 Å². The lowest BCUT2D eigenvalue weighted by atomic mass is 10.0. The predicted molar refractivity (Wildman–Crippen MR) is 123 cm³/mol. The molecule has 0 radical (unpaired) electrons. The highest BCUT2D eigenvalue weighted by atomic mass is 79.9. The summed E-state index contributed by atoms with van der Waals surface area (Å²) in [5.41, 5.74) is 2.56. The molecule has 31 heavy (non-hydrogen) atoms. The Bertz CT molecular complexity index is 1030. The lowest BCUT2D eigenvalue weighted by molar-refractivity contribution is -0.140. The first-order valence-corrected chi connectivity index (χ1v) is 10.8. The maximum absolute atomic E-state index is 13.4. The Morgan fingerprint density at radius 2 is 1.61 bits per heavy atom. The van der Waals surface area contributed by atoms with Gasteiger partial charge >= 0.3 is 0 Å². The summed E-state index contributed by atoms with van der Waals surface area (Å²) >= 11 is 3.46. The highest BCUT2D eigenvalue weighted by Crippen LogP contribution is 2.19. The number of hydrogen-bond donors (Lipinski definition) is 1. The molecular formula is C25H24BrFN2O2. The molecule has 3 aromatic rings. The molecule has 0 spiro atoms. The topological polar surface area (TPSA) is 49.4 Å². The van der Waals surface area contributed by atoms with Gasteiger partial charge in [-0.3, -0.25) is 9.59 Å². The van der Waals surface area contributed by atoms with E-state index in [1.165, 1.54) is 12.1 Å². The third-order valence-electron chi connectivity index (χ3n) is 5.03. The van der Waals surface area contributed by atoms with Crippen molar-refractivity contribution in [1.82, 2.24) is 10.2 Å². The molecule has 0 saturated carbocycles. The van der Waals surface area contributed by atoms with Gasteiger partial charge in [0.1, 0.15) is 11.9 Å². The van der Waals surface area contributed by atoms with Crippen LogP contribution in [0.1, 0.15) is 16.7 Å². The molecular weight excluding hydrogens is 459 g/mol. The van der Waals surface area contributed by atoms with E-state index in [1.54, 1.807) is 24.1 Å². The van der Waals surface area contributed by atoms with Crippen LogP contribution in [-0.2, 0) is 29.0 Å².